The van der Waals surface area contributed by atoms with Gasteiger partial charge in [-0.2, -0.15) is 0 Å². The fraction of sp³-hybridized carbons (Fsp3) is 0.636. The standard InChI is InChI=1S/C11H15Br2NS.ClH/c12-8-6-9(15-11(8)13)10(14)7-4-2-1-3-5-7;/h6-7,10H,1-5,14H2;1H/t10-;/m1./s1. The van der Waals surface area contributed by atoms with Gasteiger partial charge in [-0.1, -0.05) is 19.3 Å². The van der Waals surface area contributed by atoms with Gasteiger partial charge in [0.05, 0.1) is 3.79 Å². The Morgan fingerprint density at radius 2 is 1.88 bits per heavy atom. The molecule has 2 rings (SSSR count). The maximum Gasteiger partial charge on any atom is 0.0843 e. The summed E-state index contributed by atoms with van der Waals surface area (Å²) in [4.78, 5) is 1.31. The third-order valence-corrected chi connectivity index (χ3v) is 6.51. The molecule has 0 unspecified atom stereocenters. The molecule has 92 valence electrons. The Bertz CT molecular complexity index is 317. The van der Waals surface area contributed by atoms with Gasteiger partial charge in [0.15, 0.2) is 0 Å². The summed E-state index contributed by atoms with van der Waals surface area (Å²) in [7, 11) is 0. The monoisotopic (exact) mass is 387 g/mol. The van der Waals surface area contributed by atoms with Crippen LogP contribution in [0.2, 0.25) is 0 Å². The summed E-state index contributed by atoms with van der Waals surface area (Å²) in [5.74, 6) is 0.691. The number of nitrogens with two attached hydrogens (primary N) is 1. The summed E-state index contributed by atoms with van der Waals surface area (Å²) in [6.45, 7) is 0. The molecule has 0 bridgehead atoms. The van der Waals surface area contributed by atoms with E-state index in [-0.39, 0.29) is 18.4 Å². The molecular formula is C11H16Br2ClNS. The van der Waals surface area contributed by atoms with Crippen molar-refractivity contribution < 1.29 is 0 Å². The van der Waals surface area contributed by atoms with Crippen LogP contribution in [0.3, 0.4) is 0 Å². The van der Waals surface area contributed by atoms with Crippen molar-refractivity contribution >= 4 is 55.6 Å². The second-order valence-electron chi connectivity index (χ2n) is 4.19. The number of hydrogen-bond donors (Lipinski definition) is 1. The summed E-state index contributed by atoms with van der Waals surface area (Å²) < 4.78 is 2.29. The minimum Gasteiger partial charge on any atom is -0.323 e. The van der Waals surface area contributed by atoms with Crippen LogP contribution in [-0.2, 0) is 0 Å². The molecule has 0 spiro atoms. The molecule has 1 nitrogen and oxygen atoms in total. The van der Waals surface area contributed by atoms with Crippen molar-refractivity contribution in [2.75, 3.05) is 0 Å². The lowest BCUT2D eigenvalue weighted by molar-refractivity contribution is 0.310. The summed E-state index contributed by atoms with van der Waals surface area (Å²) in [5.41, 5.74) is 6.32. The third-order valence-electron chi connectivity index (χ3n) is 3.15. The Morgan fingerprint density at radius 1 is 1.25 bits per heavy atom. The van der Waals surface area contributed by atoms with Gasteiger partial charge in [-0.25, -0.2) is 0 Å². The highest BCUT2D eigenvalue weighted by atomic mass is 79.9. The Labute approximate surface area is 124 Å². The van der Waals surface area contributed by atoms with Crippen LogP contribution in [0.25, 0.3) is 0 Å². The zero-order valence-corrected chi connectivity index (χ0v) is 13.7. The SMILES string of the molecule is Cl.N[C@@H](c1cc(Br)c(Br)s1)C1CCCCC1. The van der Waals surface area contributed by atoms with Crippen molar-refractivity contribution in [1.29, 1.82) is 0 Å². The van der Waals surface area contributed by atoms with E-state index < -0.39 is 0 Å². The van der Waals surface area contributed by atoms with Crippen molar-refractivity contribution in [2.24, 2.45) is 11.7 Å². The van der Waals surface area contributed by atoms with Gasteiger partial charge in [-0.05, 0) is 56.7 Å². The van der Waals surface area contributed by atoms with Crippen molar-refractivity contribution in [3.63, 3.8) is 0 Å². The molecule has 1 aromatic rings. The van der Waals surface area contributed by atoms with Gasteiger partial charge in [-0.3, -0.25) is 0 Å². The molecule has 0 saturated heterocycles. The van der Waals surface area contributed by atoms with E-state index >= 15 is 0 Å². The van der Waals surface area contributed by atoms with Gasteiger partial charge in [0.25, 0.3) is 0 Å². The van der Waals surface area contributed by atoms with Gasteiger partial charge in [0.2, 0.25) is 0 Å². The molecule has 0 radical (unpaired) electrons. The minimum atomic E-state index is 0. The van der Waals surface area contributed by atoms with Gasteiger partial charge in [0.1, 0.15) is 0 Å². The molecule has 1 heterocycles. The number of rotatable bonds is 2. The highest BCUT2D eigenvalue weighted by molar-refractivity contribution is 9.13. The van der Waals surface area contributed by atoms with Gasteiger partial charge in [0, 0.05) is 15.4 Å². The van der Waals surface area contributed by atoms with E-state index in [9.17, 15) is 0 Å². The lowest BCUT2D eigenvalue weighted by Crippen LogP contribution is -2.22. The first-order valence-corrected chi connectivity index (χ1v) is 7.79. The Balaban J connectivity index is 0.00000128. The van der Waals surface area contributed by atoms with E-state index in [2.05, 4.69) is 37.9 Å². The zero-order chi connectivity index (χ0) is 10.8. The highest BCUT2D eigenvalue weighted by Crippen LogP contribution is 2.40. The summed E-state index contributed by atoms with van der Waals surface area (Å²) >= 11 is 8.80. The van der Waals surface area contributed by atoms with Gasteiger partial charge >= 0.3 is 0 Å². The van der Waals surface area contributed by atoms with E-state index in [1.807, 2.05) is 0 Å². The fourth-order valence-electron chi connectivity index (χ4n) is 2.25. The zero-order valence-electron chi connectivity index (χ0n) is 8.92. The quantitative estimate of drug-likeness (QED) is 0.732. The molecule has 0 aliphatic heterocycles. The third kappa shape index (κ3) is 3.45. The molecule has 2 N–H and O–H groups in total. The predicted octanol–water partition coefficient (Wildman–Crippen LogP) is 5.28. The average Bonchev–Trinajstić information content (AvgIpc) is 2.59. The topological polar surface area (TPSA) is 26.0 Å². The van der Waals surface area contributed by atoms with E-state index in [0.29, 0.717) is 5.92 Å². The molecule has 1 fully saturated rings. The predicted molar refractivity (Wildman–Crippen MR) is 80.5 cm³/mol. The number of halogens is 3. The molecule has 1 saturated carbocycles. The first-order valence-electron chi connectivity index (χ1n) is 5.39. The molecule has 1 aliphatic carbocycles. The van der Waals surface area contributed by atoms with Crippen LogP contribution in [0.4, 0.5) is 0 Å². The van der Waals surface area contributed by atoms with Crippen LogP contribution in [-0.4, -0.2) is 0 Å². The maximum absolute atomic E-state index is 6.32. The summed E-state index contributed by atoms with van der Waals surface area (Å²) in [6.07, 6.45) is 6.70. The maximum atomic E-state index is 6.32. The van der Waals surface area contributed by atoms with E-state index in [1.54, 1.807) is 11.3 Å². The number of thiophene rings is 1. The van der Waals surface area contributed by atoms with E-state index in [1.165, 1.54) is 37.0 Å². The lowest BCUT2D eigenvalue weighted by atomic mass is 9.84. The molecule has 1 aromatic heterocycles. The van der Waals surface area contributed by atoms with Crippen LogP contribution in [0.5, 0.6) is 0 Å². The number of hydrogen-bond acceptors (Lipinski definition) is 2. The van der Waals surface area contributed by atoms with Crippen LogP contribution in [0.1, 0.15) is 43.0 Å². The lowest BCUT2D eigenvalue weighted by Gasteiger charge is -2.26. The van der Waals surface area contributed by atoms with Crippen molar-refractivity contribution in [3.05, 3.63) is 19.2 Å². The second-order valence-corrected chi connectivity index (χ2v) is 7.45. The molecule has 1 atom stereocenters. The van der Waals surface area contributed by atoms with Crippen LogP contribution in [0, 0.1) is 5.92 Å². The van der Waals surface area contributed by atoms with Crippen molar-refractivity contribution in [1.82, 2.24) is 0 Å². The minimum absolute atomic E-state index is 0. The normalized spacial score (nSPS) is 19.2. The molecule has 0 amide bonds. The largest absolute Gasteiger partial charge is 0.323 e. The molecule has 16 heavy (non-hydrogen) atoms. The van der Waals surface area contributed by atoms with Crippen molar-refractivity contribution in [3.8, 4) is 0 Å². The molecule has 0 aromatic carbocycles. The molecule has 1 aliphatic rings. The summed E-state index contributed by atoms with van der Waals surface area (Å²) in [6, 6.07) is 2.39. The van der Waals surface area contributed by atoms with E-state index in [0.717, 1.165) is 8.26 Å². The Hall–Kier alpha value is 0.910. The summed E-state index contributed by atoms with van der Waals surface area (Å²) in [5, 5.41) is 0. The second kappa shape index (κ2) is 6.74. The van der Waals surface area contributed by atoms with E-state index in [4.69, 9.17) is 5.73 Å². The smallest absolute Gasteiger partial charge is 0.0843 e. The van der Waals surface area contributed by atoms with Crippen LogP contribution < -0.4 is 5.73 Å². The van der Waals surface area contributed by atoms with Crippen LogP contribution in [0.15, 0.2) is 14.3 Å². The van der Waals surface area contributed by atoms with Crippen molar-refractivity contribution in [2.45, 2.75) is 38.1 Å². The first-order chi connectivity index (χ1) is 7.18. The highest BCUT2D eigenvalue weighted by Gasteiger charge is 2.23. The molecular weight excluding hydrogens is 373 g/mol. The average molecular weight is 390 g/mol. The molecule has 5 heteroatoms. The van der Waals surface area contributed by atoms with Gasteiger partial charge < -0.3 is 5.73 Å². The fourth-order valence-corrected chi connectivity index (χ4v) is 4.44. The Morgan fingerprint density at radius 3 is 2.38 bits per heavy atom. The van der Waals surface area contributed by atoms with Crippen LogP contribution >= 0.6 is 55.6 Å². The first kappa shape index (κ1) is 15.0. The Kier molecular flexibility index (Phi) is 6.30. The van der Waals surface area contributed by atoms with Gasteiger partial charge in [-0.15, -0.1) is 23.7 Å².